The maximum absolute atomic E-state index is 11.5. The van der Waals surface area contributed by atoms with Crippen LogP contribution in [0.5, 0.6) is 5.75 Å². The van der Waals surface area contributed by atoms with Crippen molar-refractivity contribution in [2.45, 2.75) is 52.7 Å². The van der Waals surface area contributed by atoms with Crippen LogP contribution < -0.4 is 10.1 Å². The maximum atomic E-state index is 11.5. The Morgan fingerprint density at radius 1 is 1.09 bits per heavy atom. The van der Waals surface area contributed by atoms with Crippen LogP contribution in [0.3, 0.4) is 0 Å². The van der Waals surface area contributed by atoms with E-state index in [0.717, 1.165) is 31.4 Å². The highest BCUT2D eigenvalue weighted by atomic mass is 16.5. The number of carbonyl (C=O) groups excluding carboxylic acids is 1. The fourth-order valence-corrected chi connectivity index (χ4v) is 2.34. The Morgan fingerprint density at radius 3 is 2.28 bits per heavy atom. The van der Waals surface area contributed by atoms with Gasteiger partial charge in [-0.3, -0.25) is 4.79 Å². The van der Waals surface area contributed by atoms with Crippen molar-refractivity contribution in [1.29, 1.82) is 0 Å². The molecule has 1 unspecified atom stereocenters. The molecule has 0 aliphatic heterocycles. The van der Waals surface area contributed by atoms with Crippen LogP contribution in [-0.2, 0) is 20.9 Å². The third-order valence-electron chi connectivity index (χ3n) is 3.96. The van der Waals surface area contributed by atoms with Crippen LogP contribution in [0.4, 0.5) is 0 Å². The third-order valence-corrected chi connectivity index (χ3v) is 3.96. The summed E-state index contributed by atoms with van der Waals surface area (Å²) < 4.78 is 11.3. The highest BCUT2D eigenvalue weighted by Gasteiger charge is 2.11. The molecule has 0 aliphatic rings. The van der Waals surface area contributed by atoms with Crippen LogP contribution in [0.25, 0.3) is 0 Å². The molecule has 0 aromatic heterocycles. The number of Topliss-reactive ketones (excluding diaryl/α,β-unsaturated/α-hetero) is 1. The second-order valence-corrected chi connectivity index (χ2v) is 6.96. The molecule has 1 aromatic rings. The predicted octanol–water partition coefficient (Wildman–Crippen LogP) is 2.66. The number of nitrogens with one attached hydrogen (secondary N) is 1. The third kappa shape index (κ3) is 15.1. The van der Waals surface area contributed by atoms with Crippen LogP contribution in [0, 0.1) is 0 Å². The van der Waals surface area contributed by atoms with Crippen molar-refractivity contribution in [1.82, 2.24) is 5.32 Å². The number of aliphatic hydroxyl groups is 1. The van der Waals surface area contributed by atoms with Gasteiger partial charge in [0.15, 0.2) is 5.78 Å². The molecule has 0 saturated heterocycles. The quantitative estimate of drug-likeness (QED) is 0.179. The summed E-state index contributed by atoms with van der Waals surface area (Å²) in [6, 6.07) is 5.32. The Balaban J connectivity index is 0.00000102. The number of ether oxygens (including phenoxy) is 2. The van der Waals surface area contributed by atoms with E-state index in [-0.39, 0.29) is 12.4 Å². The van der Waals surface area contributed by atoms with Crippen LogP contribution in [-0.4, -0.2) is 65.4 Å². The van der Waals surface area contributed by atoms with E-state index in [1.807, 2.05) is 6.92 Å². The number of carboxylic acids is 2. The summed E-state index contributed by atoms with van der Waals surface area (Å²) in [5, 5.41) is 28.8. The Morgan fingerprint density at radius 2 is 1.75 bits per heavy atom. The molecule has 1 atom stereocenters. The van der Waals surface area contributed by atoms with E-state index in [1.54, 1.807) is 18.2 Å². The van der Waals surface area contributed by atoms with Crippen molar-refractivity contribution >= 4 is 17.7 Å². The number of benzene rings is 1. The molecule has 0 aliphatic carbocycles. The van der Waals surface area contributed by atoms with Gasteiger partial charge in [0, 0.05) is 36.4 Å². The SMILES string of the molecule is CCCCNCC(O)COc1ccc(C(C)=O)cc1COCCC.O=C(O)C=CC(=O)O. The van der Waals surface area contributed by atoms with E-state index < -0.39 is 18.0 Å². The molecule has 32 heavy (non-hydrogen) atoms. The molecule has 4 N–H and O–H groups in total. The van der Waals surface area contributed by atoms with Gasteiger partial charge in [-0.05, 0) is 44.5 Å². The lowest BCUT2D eigenvalue weighted by Crippen LogP contribution is -2.32. The maximum Gasteiger partial charge on any atom is 0.328 e. The summed E-state index contributed by atoms with van der Waals surface area (Å²) in [5.74, 6) is -1.85. The largest absolute Gasteiger partial charge is 0.490 e. The van der Waals surface area contributed by atoms with Gasteiger partial charge in [0.05, 0.1) is 6.61 Å². The first-order valence-electron chi connectivity index (χ1n) is 10.6. The van der Waals surface area contributed by atoms with Crippen LogP contribution in [0.1, 0.15) is 56.0 Å². The number of aliphatic hydroxyl groups excluding tert-OH is 1. The number of hydrogen-bond donors (Lipinski definition) is 4. The van der Waals surface area contributed by atoms with E-state index in [9.17, 15) is 19.5 Å². The molecule has 0 fully saturated rings. The van der Waals surface area contributed by atoms with E-state index in [2.05, 4.69) is 12.2 Å². The summed E-state index contributed by atoms with van der Waals surface area (Å²) in [5.41, 5.74) is 1.47. The first-order valence-corrected chi connectivity index (χ1v) is 10.6. The first kappa shape index (κ1) is 29.2. The van der Waals surface area contributed by atoms with E-state index in [0.29, 0.717) is 43.2 Å². The van der Waals surface area contributed by atoms with E-state index in [1.165, 1.54) is 6.92 Å². The van der Waals surface area contributed by atoms with Crippen molar-refractivity contribution in [3.05, 3.63) is 41.5 Å². The molecule has 180 valence electrons. The van der Waals surface area contributed by atoms with E-state index in [4.69, 9.17) is 19.7 Å². The zero-order valence-electron chi connectivity index (χ0n) is 19.0. The zero-order valence-corrected chi connectivity index (χ0v) is 19.0. The van der Waals surface area contributed by atoms with Gasteiger partial charge in [0.1, 0.15) is 18.5 Å². The molecular weight excluding hydrogens is 418 g/mol. The molecule has 0 heterocycles. The van der Waals surface area contributed by atoms with Gasteiger partial charge in [0.25, 0.3) is 0 Å². The van der Waals surface area contributed by atoms with Crippen LogP contribution in [0.15, 0.2) is 30.4 Å². The average molecular weight is 454 g/mol. The highest BCUT2D eigenvalue weighted by Crippen LogP contribution is 2.22. The zero-order chi connectivity index (χ0) is 24.4. The van der Waals surface area contributed by atoms with Gasteiger partial charge in [-0.25, -0.2) is 9.59 Å². The van der Waals surface area contributed by atoms with Gasteiger partial charge in [0.2, 0.25) is 0 Å². The number of ketones is 1. The van der Waals surface area contributed by atoms with Crippen molar-refractivity contribution in [2.24, 2.45) is 0 Å². The topological polar surface area (TPSA) is 142 Å². The fourth-order valence-electron chi connectivity index (χ4n) is 2.34. The standard InChI is InChI=1S/C19H31NO4.C4H4O4/c1-4-6-9-20-12-18(22)14-24-19-8-7-16(15(3)21)11-17(19)13-23-10-5-2;5-3(6)1-2-4(7)8/h7-8,11,18,20,22H,4-6,9-10,12-14H2,1-3H3;1-2H,(H,5,6)(H,7,8). The average Bonchev–Trinajstić information content (AvgIpc) is 2.75. The molecule has 1 aromatic carbocycles. The Hall–Kier alpha value is -2.75. The van der Waals surface area contributed by atoms with Gasteiger partial charge < -0.3 is 30.1 Å². The number of unbranched alkanes of at least 4 members (excludes halogenated alkanes) is 1. The molecular formula is C23H35NO8. The Bertz CT molecular complexity index is 717. The summed E-state index contributed by atoms with van der Waals surface area (Å²) in [7, 11) is 0. The van der Waals surface area contributed by atoms with Gasteiger partial charge >= 0.3 is 11.9 Å². The minimum Gasteiger partial charge on any atom is -0.490 e. The molecule has 1 rings (SSSR count). The summed E-state index contributed by atoms with van der Waals surface area (Å²) in [6.07, 6.45) is 3.70. The number of aliphatic carboxylic acids is 2. The molecule has 0 saturated carbocycles. The molecule has 0 bridgehead atoms. The predicted molar refractivity (Wildman–Crippen MR) is 120 cm³/mol. The summed E-state index contributed by atoms with van der Waals surface area (Å²) >= 11 is 0. The first-order chi connectivity index (χ1) is 15.2. The second kappa shape index (κ2) is 17.9. The lowest BCUT2D eigenvalue weighted by molar-refractivity contribution is -0.134. The molecule has 9 heteroatoms. The minimum atomic E-state index is -1.26. The smallest absolute Gasteiger partial charge is 0.328 e. The summed E-state index contributed by atoms with van der Waals surface area (Å²) in [6.45, 7) is 8.39. The molecule has 0 radical (unpaired) electrons. The van der Waals surface area contributed by atoms with Gasteiger partial charge in [-0.1, -0.05) is 20.3 Å². The molecule has 0 amide bonds. The second-order valence-electron chi connectivity index (χ2n) is 6.96. The minimum absolute atomic E-state index is 0.0125. The number of carbonyl (C=O) groups is 3. The number of rotatable bonds is 15. The van der Waals surface area contributed by atoms with E-state index >= 15 is 0 Å². The van der Waals surface area contributed by atoms with Gasteiger partial charge in [-0.15, -0.1) is 0 Å². The number of hydrogen-bond acceptors (Lipinski definition) is 7. The van der Waals surface area contributed by atoms with Crippen molar-refractivity contribution in [3.8, 4) is 5.75 Å². The lowest BCUT2D eigenvalue weighted by Gasteiger charge is -2.16. The molecule has 9 nitrogen and oxygen atoms in total. The molecule has 0 spiro atoms. The normalized spacial score (nSPS) is 11.5. The Kier molecular flexibility index (Phi) is 16.3. The van der Waals surface area contributed by atoms with Crippen molar-refractivity contribution in [3.63, 3.8) is 0 Å². The monoisotopic (exact) mass is 453 g/mol. The lowest BCUT2D eigenvalue weighted by atomic mass is 10.1. The van der Waals surface area contributed by atoms with Crippen molar-refractivity contribution in [2.75, 3.05) is 26.3 Å². The van der Waals surface area contributed by atoms with Crippen LogP contribution >= 0.6 is 0 Å². The van der Waals surface area contributed by atoms with Crippen molar-refractivity contribution < 1.29 is 39.2 Å². The fraction of sp³-hybridized carbons (Fsp3) is 0.522. The number of carboxylic acid groups (broad SMARTS) is 2. The highest BCUT2D eigenvalue weighted by molar-refractivity contribution is 5.94. The summed E-state index contributed by atoms with van der Waals surface area (Å²) in [4.78, 5) is 30.7. The Labute approximate surface area is 189 Å². The van der Waals surface area contributed by atoms with Gasteiger partial charge in [-0.2, -0.15) is 0 Å². The van der Waals surface area contributed by atoms with Crippen LogP contribution in [0.2, 0.25) is 0 Å².